The lowest BCUT2D eigenvalue weighted by Gasteiger charge is -1.94. The van der Waals surface area contributed by atoms with Crippen LogP contribution in [-0.4, -0.2) is 17.0 Å². The Morgan fingerprint density at radius 3 is 2.00 bits per heavy atom. The zero-order chi connectivity index (χ0) is 12.6. The summed E-state index contributed by atoms with van der Waals surface area (Å²) in [6.45, 7) is 12.0. The highest BCUT2D eigenvalue weighted by Gasteiger charge is 2.03. The third kappa shape index (κ3) is 6.53. The maximum absolute atomic E-state index is 4.08. The molecular weight excluding hydrogens is 220 g/mol. The topological polar surface area (TPSA) is 49.3 Å². The van der Waals surface area contributed by atoms with E-state index in [0.29, 0.717) is 0 Å². The molecule has 0 spiro atoms. The molecule has 1 aromatic rings. The van der Waals surface area contributed by atoms with Gasteiger partial charge in [0.1, 0.15) is 12.0 Å². The van der Waals surface area contributed by atoms with E-state index in [0.717, 1.165) is 10.8 Å². The van der Waals surface area contributed by atoms with Crippen molar-refractivity contribution in [2.24, 2.45) is 4.99 Å². The van der Waals surface area contributed by atoms with Gasteiger partial charge in [-0.15, -0.1) is 11.3 Å². The van der Waals surface area contributed by atoms with Crippen LogP contribution in [0.1, 0.15) is 37.6 Å². The number of aromatic nitrogens is 1. The first-order chi connectivity index (χ1) is 7.58. The summed E-state index contributed by atoms with van der Waals surface area (Å²) in [5, 5.41) is 1.15. The van der Waals surface area contributed by atoms with Crippen LogP contribution in [0.2, 0.25) is 0 Å². The molecule has 1 aromatic heterocycles. The highest BCUT2D eigenvalue weighted by atomic mass is 32.1. The lowest BCUT2D eigenvalue weighted by molar-refractivity contribution is 0.589. The third-order valence-corrected chi connectivity index (χ3v) is 2.41. The fraction of sp³-hybridized carbons (Fsp3) is 0.636. The van der Waals surface area contributed by atoms with Gasteiger partial charge in [0.05, 0.1) is 5.01 Å². The normalized spacial score (nSPS) is 17.4. The fourth-order valence-corrected chi connectivity index (χ4v) is 1.71. The molecule has 5 heteroatoms. The molecule has 4 nitrogen and oxygen atoms in total. The van der Waals surface area contributed by atoms with Gasteiger partial charge in [-0.05, 0) is 27.7 Å². The lowest BCUT2D eigenvalue weighted by Crippen LogP contribution is -2.32. The van der Waals surface area contributed by atoms with Crippen molar-refractivity contribution in [1.82, 2.24) is 15.8 Å². The van der Waals surface area contributed by atoms with E-state index in [1.807, 2.05) is 40.8 Å². The SMILES string of the molecule is CC.CC1=NC(C)NN1.Cc1cnc(C)s1. The molecule has 0 amide bonds. The number of amidine groups is 1. The Kier molecular flexibility index (Phi) is 7.76. The predicted octanol–water partition coefficient (Wildman–Crippen LogP) is 2.64. The average molecular weight is 242 g/mol. The number of nitrogens with zero attached hydrogens (tertiary/aromatic N) is 2. The molecule has 92 valence electrons. The van der Waals surface area contributed by atoms with E-state index in [9.17, 15) is 0 Å². The summed E-state index contributed by atoms with van der Waals surface area (Å²) in [6, 6.07) is 0. The van der Waals surface area contributed by atoms with Crippen LogP contribution in [0.5, 0.6) is 0 Å². The summed E-state index contributed by atoms with van der Waals surface area (Å²) in [7, 11) is 0. The molecule has 0 saturated heterocycles. The number of rotatable bonds is 0. The first-order valence-electron chi connectivity index (χ1n) is 5.53. The average Bonchev–Trinajstić information content (AvgIpc) is 2.80. The van der Waals surface area contributed by atoms with E-state index < -0.39 is 0 Å². The van der Waals surface area contributed by atoms with Gasteiger partial charge < -0.3 is 5.43 Å². The van der Waals surface area contributed by atoms with Crippen LogP contribution < -0.4 is 10.9 Å². The largest absolute Gasteiger partial charge is 0.308 e. The van der Waals surface area contributed by atoms with Gasteiger partial charge in [0.2, 0.25) is 0 Å². The van der Waals surface area contributed by atoms with E-state index >= 15 is 0 Å². The number of hydrogen-bond donors (Lipinski definition) is 2. The molecule has 1 unspecified atom stereocenters. The van der Waals surface area contributed by atoms with Crippen molar-refractivity contribution in [2.45, 2.75) is 47.7 Å². The number of hydrogen-bond acceptors (Lipinski definition) is 5. The van der Waals surface area contributed by atoms with Gasteiger partial charge in [-0.3, -0.25) is 4.99 Å². The van der Waals surface area contributed by atoms with Crippen molar-refractivity contribution in [1.29, 1.82) is 0 Å². The second-order valence-corrected chi connectivity index (χ2v) is 4.59. The fourth-order valence-electron chi connectivity index (χ4n) is 1.03. The Morgan fingerprint density at radius 1 is 1.25 bits per heavy atom. The number of nitrogens with one attached hydrogen (secondary N) is 2. The minimum absolute atomic E-state index is 0.250. The van der Waals surface area contributed by atoms with Gasteiger partial charge in [0, 0.05) is 11.1 Å². The summed E-state index contributed by atoms with van der Waals surface area (Å²) < 4.78 is 0. The number of aryl methyl sites for hydroxylation is 2. The summed E-state index contributed by atoms with van der Waals surface area (Å²) in [4.78, 5) is 9.41. The molecule has 0 aliphatic carbocycles. The Balaban J connectivity index is 0.000000244. The maximum atomic E-state index is 4.08. The van der Waals surface area contributed by atoms with E-state index in [4.69, 9.17) is 0 Å². The second kappa shape index (κ2) is 8.24. The standard InChI is InChI=1S/C5H7NS.C4H9N3.C2H6/c1-4-3-6-5(2)7-4;1-3-5-4(2)7-6-3;1-2/h3H,1-2H3;3,6H,1-2H3,(H,5,7);1-2H3. The summed E-state index contributed by atoms with van der Waals surface area (Å²) >= 11 is 1.73. The first-order valence-corrected chi connectivity index (χ1v) is 6.34. The zero-order valence-electron chi connectivity index (χ0n) is 11.0. The molecule has 2 rings (SSSR count). The Morgan fingerprint density at radius 2 is 1.88 bits per heavy atom. The van der Waals surface area contributed by atoms with Gasteiger partial charge in [-0.25, -0.2) is 10.4 Å². The quantitative estimate of drug-likeness (QED) is 0.735. The molecule has 1 aliphatic heterocycles. The molecule has 1 aliphatic rings. The molecule has 2 heterocycles. The first kappa shape index (κ1) is 15.1. The second-order valence-electron chi connectivity index (χ2n) is 3.15. The number of aliphatic imine (C=N–C) groups is 1. The van der Waals surface area contributed by atoms with Gasteiger partial charge in [-0.2, -0.15) is 0 Å². The molecule has 0 radical (unpaired) electrons. The summed E-state index contributed by atoms with van der Waals surface area (Å²) in [5.74, 6) is 0.965. The zero-order valence-corrected chi connectivity index (χ0v) is 11.8. The minimum atomic E-state index is 0.250. The molecule has 1 atom stereocenters. The van der Waals surface area contributed by atoms with Gasteiger partial charge in [0.25, 0.3) is 0 Å². The Hall–Kier alpha value is -0.940. The van der Waals surface area contributed by atoms with Crippen molar-refractivity contribution in [2.75, 3.05) is 0 Å². The number of thiazole rings is 1. The van der Waals surface area contributed by atoms with Crippen LogP contribution in [0.3, 0.4) is 0 Å². The number of hydrazine groups is 1. The third-order valence-electron chi connectivity index (χ3n) is 1.59. The van der Waals surface area contributed by atoms with Crippen LogP contribution in [0.4, 0.5) is 0 Å². The molecule has 0 bridgehead atoms. The van der Waals surface area contributed by atoms with E-state index in [1.165, 1.54) is 4.88 Å². The monoisotopic (exact) mass is 242 g/mol. The highest BCUT2D eigenvalue weighted by molar-refractivity contribution is 7.11. The van der Waals surface area contributed by atoms with Crippen molar-refractivity contribution in [3.8, 4) is 0 Å². The summed E-state index contributed by atoms with van der Waals surface area (Å²) in [5.41, 5.74) is 5.78. The minimum Gasteiger partial charge on any atom is -0.308 e. The van der Waals surface area contributed by atoms with Crippen molar-refractivity contribution < 1.29 is 0 Å². The van der Waals surface area contributed by atoms with E-state index in [-0.39, 0.29) is 6.17 Å². The van der Waals surface area contributed by atoms with Gasteiger partial charge in [0.15, 0.2) is 0 Å². The van der Waals surface area contributed by atoms with Crippen LogP contribution in [0.15, 0.2) is 11.2 Å². The molecule has 2 N–H and O–H groups in total. The molecule has 0 saturated carbocycles. The summed E-state index contributed by atoms with van der Waals surface area (Å²) in [6.07, 6.45) is 2.14. The van der Waals surface area contributed by atoms with Crippen LogP contribution >= 0.6 is 11.3 Å². The molecule has 0 aromatic carbocycles. The molecule has 16 heavy (non-hydrogen) atoms. The Labute approximate surface area is 102 Å². The lowest BCUT2D eigenvalue weighted by atomic mass is 10.6. The van der Waals surface area contributed by atoms with Crippen molar-refractivity contribution >= 4 is 17.2 Å². The van der Waals surface area contributed by atoms with Crippen LogP contribution in [0, 0.1) is 13.8 Å². The van der Waals surface area contributed by atoms with Crippen molar-refractivity contribution in [3.63, 3.8) is 0 Å². The van der Waals surface area contributed by atoms with Crippen LogP contribution in [0.25, 0.3) is 0 Å². The maximum Gasteiger partial charge on any atom is 0.115 e. The van der Waals surface area contributed by atoms with Gasteiger partial charge in [-0.1, -0.05) is 13.8 Å². The van der Waals surface area contributed by atoms with Gasteiger partial charge >= 0.3 is 0 Å². The van der Waals surface area contributed by atoms with E-state index in [2.05, 4.69) is 27.8 Å². The molecular formula is C11H22N4S. The highest BCUT2D eigenvalue weighted by Crippen LogP contribution is 2.07. The Bertz CT molecular complexity index is 303. The van der Waals surface area contributed by atoms with Crippen LogP contribution in [-0.2, 0) is 0 Å². The van der Waals surface area contributed by atoms with E-state index in [1.54, 1.807) is 11.3 Å². The van der Waals surface area contributed by atoms with Crippen molar-refractivity contribution in [3.05, 3.63) is 16.1 Å². The smallest absolute Gasteiger partial charge is 0.115 e. The molecule has 0 fully saturated rings. The predicted molar refractivity (Wildman–Crippen MR) is 71.8 cm³/mol.